The van der Waals surface area contributed by atoms with E-state index in [2.05, 4.69) is 4.72 Å². The molecular weight excluding hydrogens is 698 g/mol. The van der Waals surface area contributed by atoms with E-state index < -0.39 is 93.8 Å². The average molecular weight is 760 g/mol. The standard InChI is InChI=1S/C36H61N3O12S/c1-11-27-36(8,46)30(42)24(6)39(34(44)37-52(47,48)25-15-13-12-14-16-25)19-20(2)18-35(7,45)31(22(4)28(40)23(5)32(43)50-27)51-33-29(41)26(38(9)10)17-21(3)49-33/h12-16,20-24,26-31,33,40-42,45-46H,11,17-19H2,1-10H3,(H,37,44)/t20-,21-,22+,23-,24-,26+,27-,28+,29-,30-,31-,33+,35-,36-/m1/s1. The first-order valence-corrected chi connectivity index (χ1v) is 19.5. The van der Waals surface area contributed by atoms with Crippen LogP contribution in [-0.2, 0) is 29.0 Å². The van der Waals surface area contributed by atoms with E-state index in [0.717, 1.165) is 4.90 Å². The highest BCUT2D eigenvalue weighted by Gasteiger charge is 2.50. The Kier molecular flexibility index (Phi) is 14.7. The molecule has 0 saturated carbocycles. The van der Waals surface area contributed by atoms with Crippen molar-refractivity contribution >= 4 is 22.0 Å². The predicted molar refractivity (Wildman–Crippen MR) is 191 cm³/mol. The zero-order valence-corrected chi connectivity index (χ0v) is 32.9. The molecule has 0 bridgehead atoms. The molecular formula is C36H61N3O12S. The van der Waals surface area contributed by atoms with Crippen LogP contribution >= 0.6 is 0 Å². The van der Waals surface area contributed by atoms with Crippen LogP contribution in [0, 0.1) is 17.8 Å². The summed E-state index contributed by atoms with van der Waals surface area (Å²) in [4.78, 5) is 30.1. The fourth-order valence-electron chi connectivity index (χ4n) is 7.61. The van der Waals surface area contributed by atoms with Gasteiger partial charge < -0.3 is 49.5 Å². The number of ether oxygens (including phenoxy) is 3. The molecule has 2 amide bonds. The minimum Gasteiger partial charge on any atom is -0.459 e. The molecule has 1 aromatic carbocycles. The summed E-state index contributed by atoms with van der Waals surface area (Å²) in [7, 11) is -0.734. The van der Waals surface area contributed by atoms with Crippen LogP contribution < -0.4 is 4.72 Å². The summed E-state index contributed by atoms with van der Waals surface area (Å²) >= 11 is 0. The van der Waals surface area contributed by atoms with Gasteiger partial charge in [-0.1, -0.05) is 39.0 Å². The molecule has 52 heavy (non-hydrogen) atoms. The van der Waals surface area contributed by atoms with Crippen LogP contribution in [0.4, 0.5) is 4.79 Å². The van der Waals surface area contributed by atoms with E-state index in [0.29, 0.717) is 6.42 Å². The summed E-state index contributed by atoms with van der Waals surface area (Å²) in [6, 6.07) is 4.55. The largest absolute Gasteiger partial charge is 0.459 e. The molecule has 298 valence electrons. The van der Waals surface area contributed by atoms with E-state index in [1.807, 2.05) is 25.9 Å². The molecule has 0 aliphatic carbocycles. The number of amides is 2. The zero-order valence-electron chi connectivity index (χ0n) is 32.0. The van der Waals surface area contributed by atoms with Gasteiger partial charge in [0.05, 0.1) is 40.8 Å². The number of likely N-dealkylation sites (N-methyl/N-ethyl adjacent to an activating group) is 1. The summed E-state index contributed by atoms with van der Waals surface area (Å²) < 4.78 is 46.6. The van der Waals surface area contributed by atoms with E-state index in [4.69, 9.17) is 14.2 Å². The second-order valence-electron chi connectivity index (χ2n) is 15.6. The lowest BCUT2D eigenvalue weighted by atomic mass is 9.78. The quantitative estimate of drug-likeness (QED) is 0.227. The first-order chi connectivity index (χ1) is 24.0. The molecule has 15 nitrogen and oxygen atoms in total. The van der Waals surface area contributed by atoms with Crippen LogP contribution in [0.1, 0.15) is 74.7 Å². The highest BCUT2D eigenvalue weighted by atomic mass is 32.2. The van der Waals surface area contributed by atoms with Crippen molar-refractivity contribution in [3.05, 3.63) is 30.3 Å². The third kappa shape index (κ3) is 10.0. The molecule has 2 aliphatic rings. The molecule has 2 fully saturated rings. The summed E-state index contributed by atoms with van der Waals surface area (Å²) in [5.41, 5.74) is -3.95. The summed E-state index contributed by atoms with van der Waals surface area (Å²) in [5, 5.41) is 58.4. The average Bonchev–Trinajstić information content (AvgIpc) is 3.07. The molecule has 0 radical (unpaired) electrons. The smallest absolute Gasteiger partial charge is 0.331 e. The normalized spacial score (nSPS) is 40.4. The van der Waals surface area contributed by atoms with Gasteiger partial charge in [-0.05, 0) is 86.0 Å². The van der Waals surface area contributed by atoms with Crippen LogP contribution in [0.15, 0.2) is 35.2 Å². The van der Waals surface area contributed by atoms with Gasteiger partial charge >= 0.3 is 12.0 Å². The number of sulfonamides is 1. The third-order valence-electron chi connectivity index (χ3n) is 10.7. The first kappa shape index (κ1) is 44.0. The molecule has 2 saturated heterocycles. The summed E-state index contributed by atoms with van der Waals surface area (Å²) in [6.45, 7) is 12.1. The second-order valence-corrected chi connectivity index (χ2v) is 17.2. The predicted octanol–water partition coefficient (Wildman–Crippen LogP) is 1.44. The van der Waals surface area contributed by atoms with E-state index in [1.54, 1.807) is 26.8 Å². The van der Waals surface area contributed by atoms with E-state index in [9.17, 15) is 43.5 Å². The van der Waals surface area contributed by atoms with Crippen LogP contribution in [-0.4, -0.2) is 143 Å². The van der Waals surface area contributed by atoms with Crippen LogP contribution in [0.3, 0.4) is 0 Å². The van der Waals surface area contributed by atoms with Crippen LogP contribution in [0.2, 0.25) is 0 Å². The molecule has 0 unspecified atom stereocenters. The van der Waals surface area contributed by atoms with E-state index >= 15 is 0 Å². The fraction of sp³-hybridized carbons (Fsp3) is 0.778. The lowest BCUT2D eigenvalue weighted by Crippen LogP contribution is -2.61. The number of hydrogen-bond donors (Lipinski definition) is 6. The van der Waals surface area contributed by atoms with Gasteiger partial charge in [0.2, 0.25) is 0 Å². The van der Waals surface area contributed by atoms with Gasteiger partial charge in [0.15, 0.2) is 6.29 Å². The molecule has 1 aromatic rings. The Morgan fingerprint density at radius 1 is 1.04 bits per heavy atom. The Bertz CT molecular complexity index is 1440. The van der Waals surface area contributed by atoms with Crippen molar-refractivity contribution in [1.82, 2.24) is 14.5 Å². The summed E-state index contributed by atoms with van der Waals surface area (Å²) in [5.74, 6) is -3.69. The number of cyclic esters (lactones) is 1. The van der Waals surface area contributed by atoms with Gasteiger partial charge in [-0.25, -0.2) is 17.9 Å². The maximum absolute atomic E-state index is 13.9. The number of benzene rings is 1. The first-order valence-electron chi connectivity index (χ1n) is 18.0. The van der Waals surface area contributed by atoms with Crippen molar-refractivity contribution < 1.29 is 57.8 Å². The van der Waals surface area contributed by atoms with Crippen LogP contribution in [0.25, 0.3) is 0 Å². The van der Waals surface area contributed by atoms with Crippen molar-refractivity contribution in [2.45, 2.75) is 146 Å². The zero-order chi connectivity index (χ0) is 39.5. The molecule has 3 rings (SSSR count). The number of nitrogens with one attached hydrogen (secondary N) is 1. The third-order valence-corrected chi connectivity index (χ3v) is 12.0. The number of nitrogens with zero attached hydrogens (tertiary/aromatic N) is 2. The van der Waals surface area contributed by atoms with Crippen molar-refractivity contribution in [3.8, 4) is 0 Å². The number of hydrogen-bond acceptors (Lipinski definition) is 13. The topological polar surface area (TPSA) is 216 Å². The van der Waals surface area contributed by atoms with Crippen molar-refractivity contribution in [2.24, 2.45) is 17.8 Å². The number of aliphatic hydroxyl groups is 5. The lowest BCUT2D eigenvalue weighted by Gasteiger charge is -2.46. The molecule has 2 aliphatic heterocycles. The number of carbonyl (C=O) groups is 2. The number of urea groups is 1. The van der Waals surface area contributed by atoms with Gasteiger partial charge in [0.1, 0.15) is 23.9 Å². The van der Waals surface area contributed by atoms with Gasteiger partial charge in [-0.15, -0.1) is 0 Å². The Hall–Kier alpha value is -2.41. The van der Waals surface area contributed by atoms with Crippen LogP contribution in [0.5, 0.6) is 0 Å². The molecule has 0 aromatic heterocycles. The molecule has 14 atom stereocenters. The monoisotopic (exact) mass is 759 g/mol. The summed E-state index contributed by atoms with van der Waals surface area (Å²) in [6.07, 6.45) is -8.03. The number of carbonyl (C=O) groups excluding carboxylic acids is 2. The minimum absolute atomic E-state index is 0.0362. The highest BCUT2D eigenvalue weighted by molar-refractivity contribution is 7.90. The van der Waals surface area contributed by atoms with Gasteiger partial charge in [0, 0.05) is 18.5 Å². The van der Waals surface area contributed by atoms with Crippen molar-refractivity contribution in [2.75, 3.05) is 20.6 Å². The van der Waals surface area contributed by atoms with Crippen molar-refractivity contribution in [1.29, 1.82) is 0 Å². The Labute approximate surface area is 308 Å². The molecule has 0 spiro atoms. The molecule has 6 N–H and O–H groups in total. The van der Waals surface area contributed by atoms with E-state index in [-0.39, 0.29) is 36.4 Å². The fourth-order valence-corrected chi connectivity index (χ4v) is 8.59. The Balaban J connectivity index is 2.11. The minimum atomic E-state index is -4.37. The number of aliphatic hydroxyl groups excluding tert-OH is 3. The Morgan fingerprint density at radius 2 is 1.63 bits per heavy atom. The van der Waals surface area contributed by atoms with Gasteiger partial charge in [0.25, 0.3) is 10.0 Å². The lowest BCUT2D eigenvalue weighted by molar-refractivity contribution is -0.299. The van der Waals surface area contributed by atoms with Crippen molar-refractivity contribution in [3.63, 3.8) is 0 Å². The van der Waals surface area contributed by atoms with Gasteiger partial charge in [-0.2, -0.15) is 0 Å². The van der Waals surface area contributed by atoms with Gasteiger partial charge in [-0.3, -0.25) is 4.79 Å². The number of esters is 1. The highest BCUT2D eigenvalue weighted by Crippen LogP contribution is 2.37. The Morgan fingerprint density at radius 3 is 2.19 bits per heavy atom. The molecule has 16 heteroatoms. The SMILES string of the molecule is CC[C@H]1OC(=O)[C@H](C)[C@@H](O)[C@H](C)[C@@H](O[C@@H]2O[C@H](C)C[C@H](N(C)C)[C@H]2O)[C@](C)(O)C[C@@H](C)CN(C(=O)NS(=O)(=O)c2ccccc2)[C@H](C)[C@@H](O)[C@]1(C)O. The maximum atomic E-state index is 13.9. The number of rotatable bonds is 6. The molecule has 2 heterocycles. The van der Waals surface area contributed by atoms with E-state index in [1.165, 1.54) is 52.0 Å². The second kappa shape index (κ2) is 17.4. The maximum Gasteiger partial charge on any atom is 0.331 e.